The molecule has 2 spiro atoms. The summed E-state index contributed by atoms with van der Waals surface area (Å²) >= 11 is 1.71. The molecule has 4 fully saturated rings. The normalized spacial score (nSPS) is 30.1. The Balaban J connectivity index is 0.000000145. The fourth-order valence-electron chi connectivity index (χ4n) is 7.92. The molecule has 4 aliphatic rings. The third-order valence-corrected chi connectivity index (χ3v) is 10.7. The van der Waals surface area contributed by atoms with Gasteiger partial charge in [-0.05, 0) is 73.8 Å². The number of aromatic nitrogens is 1. The number of rotatable bonds is 1. The van der Waals surface area contributed by atoms with Crippen molar-refractivity contribution in [2.45, 2.75) is 82.8 Å². The van der Waals surface area contributed by atoms with E-state index in [0.717, 1.165) is 16.1 Å². The number of para-hydroxylation sites is 1. The molecule has 3 aromatic rings. The average molecular weight is 667 g/mol. The van der Waals surface area contributed by atoms with Crippen molar-refractivity contribution < 1.29 is 30.3 Å². The van der Waals surface area contributed by atoms with E-state index in [0.29, 0.717) is 5.92 Å². The molecule has 0 bridgehead atoms. The summed E-state index contributed by atoms with van der Waals surface area (Å²) in [5.41, 5.74) is 2.51. The van der Waals surface area contributed by atoms with E-state index < -0.39 is 0 Å². The molecule has 4 unspecified atom stereocenters. The molecule has 2 N–H and O–H groups in total. The molecule has 4 atom stereocenters. The molecule has 0 amide bonds. The zero-order valence-electron chi connectivity index (χ0n) is 20.3. The van der Waals surface area contributed by atoms with E-state index in [1.807, 2.05) is 42.5 Å². The van der Waals surface area contributed by atoms with E-state index in [-0.39, 0.29) is 49.1 Å². The Morgan fingerprint density at radius 2 is 1.49 bits per heavy atom. The van der Waals surface area contributed by atoms with Crippen molar-refractivity contribution in [3.63, 3.8) is 0 Å². The van der Waals surface area contributed by atoms with Crippen LogP contribution in [0.4, 0.5) is 0 Å². The van der Waals surface area contributed by atoms with Gasteiger partial charge in [-0.15, -0.1) is 35.9 Å². The quantitative estimate of drug-likeness (QED) is 0.275. The Bertz CT molecular complexity index is 1080. The molecule has 0 saturated heterocycles. The van der Waals surface area contributed by atoms with E-state index in [1.54, 1.807) is 11.3 Å². The van der Waals surface area contributed by atoms with Crippen LogP contribution in [0.5, 0.6) is 0 Å². The van der Waals surface area contributed by atoms with Gasteiger partial charge in [0.1, 0.15) is 0 Å². The summed E-state index contributed by atoms with van der Waals surface area (Å²) in [6.45, 7) is 0. The number of fused-ring (bicyclic) bond motifs is 2. The van der Waals surface area contributed by atoms with Gasteiger partial charge < -0.3 is 10.2 Å². The molecule has 5 heteroatoms. The summed E-state index contributed by atoms with van der Waals surface area (Å²) in [6.07, 6.45) is 13.2. The Kier molecular flexibility index (Phi) is 7.55. The van der Waals surface area contributed by atoms with Crippen molar-refractivity contribution in [2.24, 2.45) is 22.7 Å². The van der Waals surface area contributed by atoms with Gasteiger partial charge in [-0.25, -0.2) is 0 Å². The minimum Gasteiger partial charge on any atom is -0.392 e. The number of nitrogens with zero attached hydrogens (tertiary/aromatic N) is 1. The van der Waals surface area contributed by atoms with E-state index >= 15 is 0 Å². The predicted octanol–water partition coefficient (Wildman–Crippen LogP) is 7.02. The summed E-state index contributed by atoms with van der Waals surface area (Å²) in [5.74, 6) is 0.805. The SMILES string of the molecule is OC1C2C(CCC13CCCC3)CC1(CCCC1)C2O.[Ir].[c-]1ccccc1-c1nc2ccccc2s1. The molecule has 1 heterocycles. The third kappa shape index (κ3) is 4.57. The van der Waals surface area contributed by atoms with Crippen LogP contribution in [0, 0.1) is 28.7 Å². The molecule has 7 rings (SSSR count). The first kappa shape index (κ1) is 25.5. The smallest absolute Gasteiger partial charge is 0.0697 e. The minimum absolute atomic E-state index is 0. The second-order valence-electron chi connectivity index (χ2n) is 11.4. The second kappa shape index (κ2) is 10.3. The predicted molar refractivity (Wildman–Crippen MR) is 139 cm³/mol. The van der Waals surface area contributed by atoms with Crippen LogP contribution in [0.25, 0.3) is 20.8 Å². The zero-order chi connectivity index (χ0) is 23.2. The molecule has 2 aromatic carbocycles. The molecule has 189 valence electrons. The van der Waals surface area contributed by atoms with Crippen molar-refractivity contribution in [3.8, 4) is 10.6 Å². The van der Waals surface area contributed by atoms with Gasteiger partial charge in [0, 0.05) is 35.7 Å². The fraction of sp³-hybridized carbons (Fsp3) is 0.567. The first-order valence-electron chi connectivity index (χ1n) is 13.3. The summed E-state index contributed by atoms with van der Waals surface area (Å²) < 4.78 is 1.23. The van der Waals surface area contributed by atoms with Gasteiger partial charge in [0.2, 0.25) is 0 Å². The fourth-order valence-corrected chi connectivity index (χ4v) is 8.87. The molecule has 0 aliphatic heterocycles. The second-order valence-corrected chi connectivity index (χ2v) is 12.4. The Morgan fingerprint density at radius 3 is 2.17 bits per heavy atom. The van der Waals surface area contributed by atoms with Crippen molar-refractivity contribution in [3.05, 3.63) is 54.6 Å². The van der Waals surface area contributed by atoms with Crippen LogP contribution in [-0.2, 0) is 20.1 Å². The molecule has 1 aromatic heterocycles. The van der Waals surface area contributed by atoms with Gasteiger partial charge in [0.25, 0.3) is 0 Å². The Labute approximate surface area is 226 Å². The number of thiazole rings is 1. The van der Waals surface area contributed by atoms with Crippen LogP contribution >= 0.6 is 11.3 Å². The summed E-state index contributed by atoms with van der Waals surface area (Å²) in [7, 11) is 0. The maximum Gasteiger partial charge on any atom is 0.0697 e. The van der Waals surface area contributed by atoms with Crippen LogP contribution in [0.3, 0.4) is 0 Å². The van der Waals surface area contributed by atoms with Crippen molar-refractivity contribution in [1.82, 2.24) is 4.98 Å². The van der Waals surface area contributed by atoms with Crippen LogP contribution in [0.2, 0.25) is 0 Å². The van der Waals surface area contributed by atoms with Crippen molar-refractivity contribution in [1.29, 1.82) is 0 Å². The molecule has 3 nitrogen and oxygen atoms in total. The monoisotopic (exact) mass is 667 g/mol. The number of benzene rings is 2. The van der Waals surface area contributed by atoms with E-state index in [9.17, 15) is 10.2 Å². The maximum absolute atomic E-state index is 11.0. The Morgan fingerprint density at radius 1 is 0.829 bits per heavy atom. The van der Waals surface area contributed by atoms with Crippen LogP contribution in [0.15, 0.2) is 48.5 Å². The zero-order valence-corrected chi connectivity index (χ0v) is 23.5. The number of aliphatic hydroxyl groups is 2. The van der Waals surface area contributed by atoms with E-state index in [1.165, 1.54) is 75.3 Å². The van der Waals surface area contributed by atoms with Gasteiger partial charge >= 0.3 is 0 Å². The first-order chi connectivity index (χ1) is 16.6. The van der Waals surface area contributed by atoms with E-state index in [4.69, 9.17) is 0 Å². The molecule has 35 heavy (non-hydrogen) atoms. The number of hydrogen-bond donors (Lipinski definition) is 2. The molecular weight excluding hydrogens is 631 g/mol. The van der Waals surface area contributed by atoms with Crippen LogP contribution < -0.4 is 0 Å². The van der Waals surface area contributed by atoms with Crippen molar-refractivity contribution >= 4 is 21.6 Å². The Hall–Kier alpha value is -1.10. The molecular formula is C30H36IrNO2S-. The average Bonchev–Trinajstić information content (AvgIpc) is 3.66. The standard InChI is InChI=1S/C17H28O2.C13H8NS.Ir/c18-14-13-12(5-10-16(14)6-1-2-7-16)11-17(15(13)19)8-3-4-9-17;1-2-6-10(7-3-1)13-14-11-8-4-5-9-12(11)15-13;/h12-15,18-19H,1-11H2;1-6,8-9H;/q;-1;. The van der Waals surface area contributed by atoms with Crippen LogP contribution in [0.1, 0.15) is 70.6 Å². The minimum atomic E-state index is -0.219. The topological polar surface area (TPSA) is 53.4 Å². The van der Waals surface area contributed by atoms with Gasteiger partial charge in [0.05, 0.1) is 17.7 Å². The molecule has 1 radical (unpaired) electrons. The summed E-state index contributed by atoms with van der Waals surface area (Å²) in [4.78, 5) is 4.57. The van der Waals surface area contributed by atoms with Gasteiger partial charge in [0.15, 0.2) is 0 Å². The number of aliphatic hydroxyl groups excluding tert-OH is 2. The third-order valence-electron chi connectivity index (χ3n) is 9.64. The number of hydrogen-bond acceptors (Lipinski definition) is 4. The van der Waals surface area contributed by atoms with Gasteiger partial charge in [-0.3, -0.25) is 4.98 Å². The van der Waals surface area contributed by atoms with Gasteiger partial charge in [-0.2, -0.15) is 11.3 Å². The maximum atomic E-state index is 11.0. The summed E-state index contributed by atoms with van der Waals surface area (Å²) in [6, 6.07) is 19.3. The van der Waals surface area contributed by atoms with E-state index in [2.05, 4.69) is 17.1 Å². The largest absolute Gasteiger partial charge is 0.392 e. The molecule has 4 aliphatic carbocycles. The first-order valence-corrected chi connectivity index (χ1v) is 14.1. The molecule has 4 saturated carbocycles. The van der Waals surface area contributed by atoms with Crippen molar-refractivity contribution in [2.75, 3.05) is 0 Å². The van der Waals surface area contributed by atoms with Crippen LogP contribution in [-0.4, -0.2) is 27.4 Å². The summed E-state index contributed by atoms with van der Waals surface area (Å²) in [5, 5.41) is 23.0. The van der Waals surface area contributed by atoms with Gasteiger partial charge in [-0.1, -0.05) is 37.8 Å².